The minimum Gasteiger partial charge on any atom is -0.198 e. The molecule has 0 fully saturated rings. The van der Waals surface area contributed by atoms with E-state index < -0.39 is 0 Å². The fraction of sp³-hybridized carbons (Fsp3) is 0.571. The van der Waals surface area contributed by atoms with Crippen LogP contribution in [0.1, 0.15) is 19.3 Å². The third-order valence-electron chi connectivity index (χ3n) is 1.45. The monoisotopic (exact) mass is 217 g/mol. The number of hydrogen-bond donors (Lipinski definition) is 0. The van der Waals surface area contributed by atoms with Gasteiger partial charge in [0.25, 0.3) is 0 Å². The van der Waals surface area contributed by atoms with Crippen LogP contribution >= 0.6 is 27.7 Å². The zero-order valence-corrected chi connectivity index (χ0v) is 7.96. The highest BCUT2D eigenvalue weighted by atomic mass is 79.9. The molecule has 0 unspecified atom stereocenters. The molecule has 0 amide bonds. The summed E-state index contributed by atoms with van der Waals surface area (Å²) in [5.41, 5.74) is 1.42. The third-order valence-corrected chi connectivity index (χ3v) is 3.65. The lowest BCUT2D eigenvalue weighted by Crippen LogP contribution is -1.79. The van der Waals surface area contributed by atoms with Gasteiger partial charge in [0.1, 0.15) is 0 Å². The fourth-order valence-electron chi connectivity index (χ4n) is 0.894. The van der Waals surface area contributed by atoms with Gasteiger partial charge in [0, 0.05) is 16.0 Å². The summed E-state index contributed by atoms with van der Waals surface area (Å²) in [6.07, 6.45) is 2.77. The Balaban J connectivity index is 2.40. The fourth-order valence-corrected chi connectivity index (χ4v) is 2.71. The van der Waals surface area contributed by atoms with Gasteiger partial charge < -0.3 is 0 Å². The first kappa shape index (κ1) is 8.16. The van der Waals surface area contributed by atoms with Gasteiger partial charge in [0.15, 0.2) is 0 Å². The molecule has 1 nitrogen and oxygen atoms in total. The van der Waals surface area contributed by atoms with Crippen molar-refractivity contribution in [3.63, 3.8) is 0 Å². The summed E-state index contributed by atoms with van der Waals surface area (Å²) in [5.74, 6) is 1.18. The Labute approximate surface area is 73.6 Å². The van der Waals surface area contributed by atoms with Gasteiger partial charge in [-0.2, -0.15) is 5.26 Å². The van der Waals surface area contributed by atoms with Crippen LogP contribution in [0.3, 0.4) is 0 Å². The molecule has 54 valence electrons. The summed E-state index contributed by atoms with van der Waals surface area (Å²) in [7, 11) is 0. The second kappa shape index (κ2) is 4.05. The Hall–Kier alpha value is 0.0600. The van der Waals surface area contributed by atoms with Crippen LogP contribution in [0.4, 0.5) is 0 Å². The zero-order chi connectivity index (χ0) is 7.40. The maximum absolute atomic E-state index is 8.32. The molecule has 0 spiro atoms. The number of thioether (sulfide) groups is 1. The highest BCUT2D eigenvalue weighted by molar-refractivity contribution is 9.14. The molecule has 10 heavy (non-hydrogen) atoms. The Morgan fingerprint density at radius 1 is 1.70 bits per heavy atom. The van der Waals surface area contributed by atoms with Crippen LogP contribution in [0.15, 0.2) is 9.39 Å². The predicted octanol–water partition coefficient (Wildman–Crippen LogP) is 3.03. The lowest BCUT2D eigenvalue weighted by molar-refractivity contribution is 0.933. The number of rotatable bonds is 2. The first-order valence-corrected chi connectivity index (χ1v) is 4.99. The molecule has 0 saturated heterocycles. The van der Waals surface area contributed by atoms with Gasteiger partial charge in [-0.15, -0.1) is 11.8 Å². The molecule has 0 bridgehead atoms. The predicted molar refractivity (Wildman–Crippen MR) is 47.9 cm³/mol. The summed E-state index contributed by atoms with van der Waals surface area (Å²) in [5, 5.41) is 8.32. The van der Waals surface area contributed by atoms with Crippen molar-refractivity contribution in [3.8, 4) is 6.07 Å². The molecule has 1 aliphatic rings. The van der Waals surface area contributed by atoms with E-state index in [4.69, 9.17) is 5.26 Å². The van der Waals surface area contributed by atoms with Crippen LogP contribution in [0.2, 0.25) is 0 Å². The molecule has 0 radical (unpaired) electrons. The number of allylic oxidation sites excluding steroid dienone is 1. The standard InChI is InChI=1S/C7H8BrNS/c8-7-6(2-1-4-9)3-5-10-7/h1-3,5H2. The lowest BCUT2D eigenvalue weighted by atomic mass is 10.1. The van der Waals surface area contributed by atoms with Crippen molar-refractivity contribution >= 4 is 27.7 Å². The van der Waals surface area contributed by atoms with E-state index in [1.165, 1.54) is 15.1 Å². The maximum atomic E-state index is 8.32. The molecule has 1 rings (SSSR count). The van der Waals surface area contributed by atoms with Gasteiger partial charge in [0.05, 0.1) is 6.07 Å². The van der Waals surface area contributed by atoms with E-state index in [1.807, 2.05) is 11.8 Å². The van der Waals surface area contributed by atoms with Crippen LogP contribution < -0.4 is 0 Å². The Bertz CT molecular complexity index is 192. The van der Waals surface area contributed by atoms with Gasteiger partial charge in [0.2, 0.25) is 0 Å². The minimum atomic E-state index is 0.658. The zero-order valence-electron chi connectivity index (χ0n) is 5.56. The molecular formula is C7H8BrNS. The van der Waals surface area contributed by atoms with Crippen molar-refractivity contribution < 1.29 is 0 Å². The molecule has 3 heteroatoms. The van der Waals surface area contributed by atoms with Crippen molar-refractivity contribution in [3.05, 3.63) is 9.39 Å². The van der Waals surface area contributed by atoms with Crippen LogP contribution in [0.25, 0.3) is 0 Å². The molecule has 1 heterocycles. The largest absolute Gasteiger partial charge is 0.198 e. The normalized spacial score (nSPS) is 17.6. The molecule has 0 aromatic carbocycles. The molecule has 0 aromatic heterocycles. The average molecular weight is 218 g/mol. The Kier molecular flexibility index (Phi) is 3.30. The van der Waals surface area contributed by atoms with E-state index >= 15 is 0 Å². The van der Waals surface area contributed by atoms with Crippen LogP contribution in [-0.2, 0) is 0 Å². The second-order valence-corrected chi connectivity index (χ2v) is 4.56. The van der Waals surface area contributed by atoms with E-state index in [1.54, 1.807) is 0 Å². The van der Waals surface area contributed by atoms with E-state index in [-0.39, 0.29) is 0 Å². The van der Waals surface area contributed by atoms with Gasteiger partial charge in [-0.05, 0) is 34.3 Å². The van der Waals surface area contributed by atoms with Crippen molar-refractivity contribution in [1.29, 1.82) is 5.26 Å². The van der Waals surface area contributed by atoms with Crippen molar-refractivity contribution in [1.82, 2.24) is 0 Å². The first-order chi connectivity index (χ1) is 4.84. The molecule has 0 aromatic rings. The number of nitrogens with zero attached hydrogens (tertiary/aromatic N) is 1. The number of halogens is 1. The highest BCUT2D eigenvalue weighted by Crippen LogP contribution is 2.37. The maximum Gasteiger partial charge on any atom is 0.0625 e. The molecule has 0 saturated carbocycles. The van der Waals surface area contributed by atoms with E-state index in [0.717, 1.165) is 12.8 Å². The quantitative estimate of drug-likeness (QED) is 0.711. The summed E-state index contributed by atoms with van der Waals surface area (Å²) in [6.45, 7) is 0. The highest BCUT2D eigenvalue weighted by Gasteiger charge is 2.11. The van der Waals surface area contributed by atoms with Crippen LogP contribution in [-0.4, -0.2) is 5.75 Å². The molecular weight excluding hydrogens is 210 g/mol. The van der Waals surface area contributed by atoms with E-state index in [2.05, 4.69) is 22.0 Å². The van der Waals surface area contributed by atoms with Crippen LogP contribution in [0.5, 0.6) is 0 Å². The van der Waals surface area contributed by atoms with Crippen molar-refractivity contribution in [2.75, 3.05) is 5.75 Å². The number of nitriles is 1. The van der Waals surface area contributed by atoms with Crippen LogP contribution in [0, 0.1) is 11.3 Å². The molecule has 0 atom stereocenters. The molecule has 0 N–H and O–H groups in total. The van der Waals surface area contributed by atoms with Crippen molar-refractivity contribution in [2.24, 2.45) is 0 Å². The summed E-state index contributed by atoms with van der Waals surface area (Å²) < 4.78 is 1.27. The molecule has 0 aliphatic carbocycles. The summed E-state index contributed by atoms with van der Waals surface area (Å²) in [4.78, 5) is 0. The smallest absolute Gasteiger partial charge is 0.0625 e. The van der Waals surface area contributed by atoms with E-state index in [9.17, 15) is 0 Å². The van der Waals surface area contributed by atoms with E-state index in [0.29, 0.717) is 6.42 Å². The van der Waals surface area contributed by atoms with Gasteiger partial charge in [-0.1, -0.05) is 0 Å². The topological polar surface area (TPSA) is 23.8 Å². The lowest BCUT2D eigenvalue weighted by Gasteiger charge is -1.94. The van der Waals surface area contributed by atoms with Gasteiger partial charge >= 0.3 is 0 Å². The third kappa shape index (κ3) is 2.03. The first-order valence-electron chi connectivity index (χ1n) is 3.22. The minimum absolute atomic E-state index is 0.658. The molecule has 1 aliphatic heterocycles. The summed E-state index contributed by atoms with van der Waals surface area (Å²) >= 11 is 5.31. The van der Waals surface area contributed by atoms with Gasteiger partial charge in [-0.25, -0.2) is 0 Å². The summed E-state index contributed by atoms with van der Waals surface area (Å²) in [6, 6.07) is 2.15. The Morgan fingerprint density at radius 3 is 3.00 bits per heavy atom. The van der Waals surface area contributed by atoms with Gasteiger partial charge in [-0.3, -0.25) is 0 Å². The second-order valence-electron chi connectivity index (χ2n) is 2.13. The average Bonchev–Trinajstić information content (AvgIpc) is 2.31. The van der Waals surface area contributed by atoms with Crippen molar-refractivity contribution in [2.45, 2.75) is 19.3 Å². The Morgan fingerprint density at radius 2 is 2.50 bits per heavy atom. The SMILES string of the molecule is N#CCCC1=C(Br)SCC1. The number of hydrogen-bond acceptors (Lipinski definition) is 2.